The first-order chi connectivity index (χ1) is 12.7. The van der Waals surface area contributed by atoms with Gasteiger partial charge in [0.1, 0.15) is 11.5 Å². The average Bonchev–Trinajstić information content (AvgIpc) is 3.07. The maximum atomic E-state index is 14.0. The number of amides is 1. The van der Waals surface area contributed by atoms with Crippen LogP contribution >= 0.6 is 0 Å². The normalized spacial score (nSPS) is 17.2. The lowest BCUT2D eigenvalue weighted by molar-refractivity contribution is -0.143. The minimum atomic E-state index is -4.87. The van der Waals surface area contributed by atoms with Crippen LogP contribution in [-0.4, -0.2) is 39.7 Å². The van der Waals surface area contributed by atoms with Crippen molar-refractivity contribution in [1.29, 1.82) is 0 Å². The summed E-state index contributed by atoms with van der Waals surface area (Å²) in [5.74, 6) is -1.38. The Balaban J connectivity index is 1.95. The molecule has 0 radical (unpaired) electrons. The Hall–Kier alpha value is -2.42. The molecule has 0 bridgehead atoms. The van der Waals surface area contributed by atoms with Crippen LogP contribution in [-0.2, 0) is 6.18 Å². The van der Waals surface area contributed by atoms with E-state index >= 15 is 0 Å². The van der Waals surface area contributed by atoms with Crippen LogP contribution in [0, 0.1) is 11.7 Å². The molecule has 2 heterocycles. The fourth-order valence-corrected chi connectivity index (χ4v) is 3.38. The number of nitrogens with two attached hydrogens (primary N) is 1. The molecule has 2 N–H and O–H groups in total. The zero-order valence-electron chi connectivity index (χ0n) is 14.7. The Kier molecular flexibility index (Phi) is 5.23. The second kappa shape index (κ2) is 7.30. The van der Waals surface area contributed by atoms with E-state index in [4.69, 9.17) is 5.73 Å². The first-order valence-corrected chi connectivity index (χ1v) is 8.65. The van der Waals surface area contributed by atoms with Crippen LogP contribution in [0.5, 0.6) is 0 Å². The third-order valence-corrected chi connectivity index (χ3v) is 4.92. The van der Waals surface area contributed by atoms with Crippen molar-refractivity contribution in [1.82, 2.24) is 14.7 Å². The van der Waals surface area contributed by atoms with Gasteiger partial charge in [0.15, 0.2) is 5.69 Å². The fourth-order valence-electron chi connectivity index (χ4n) is 3.38. The fraction of sp³-hybridized carbons (Fsp3) is 0.444. The zero-order valence-corrected chi connectivity index (χ0v) is 14.7. The van der Waals surface area contributed by atoms with Crippen molar-refractivity contribution in [2.24, 2.45) is 11.7 Å². The average molecular weight is 384 g/mol. The second-order valence-electron chi connectivity index (χ2n) is 6.76. The highest BCUT2D eigenvalue weighted by Gasteiger charge is 2.42. The standard InChI is InChI=1S/C18H20F4N4O/c1-11(23)12-6-8-25(9-7-12)17(27)13-10-24-26(16(13)18(20,21)22)15-5-3-2-4-14(15)19/h2-5,10-12H,6-9,23H2,1H3. The van der Waals surface area contributed by atoms with Crippen molar-refractivity contribution in [2.75, 3.05) is 13.1 Å². The van der Waals surface area contributed by atoms with Gasteiger partial charge in [0.2, 0.25) is 0 Å². The number of para-hydroxylation sites is 1. The van der Waals surface area contributed by atoms with E-state index in [-0.39, 0.29) is 17.6 Å². The Bertz CT molecular complexity index is 823. The van der Waals surface area contributed by atoms with Gasteiger partial charge in [0.05, 0.1) is 11.8 Å². The molecule has 1 aromatic heterocycles. The summed E-state index contributed by atoms with van der Waals surface area (Å²) >= 11 is 0. The molecule has 0 spiro atoms. The molecule has 2 aromatic rings. The summed E-state index contributed by atoms with van der Waals surface area (Å²) in [7, 11) is 0. The molecule has 0 saturated carbocycles. The van der Waals surface area contributed by atoms with E-state index in [2.05, 4.69) is 5.10 Å². The molecule has 146 valence electrons. The van der Waals surface area contributed by atoms with Crippen molar-refractivity contribution < 1.29 is 22.4 Å². The molecule has 1 aliphatic rings. The van der Waals surface area contributed by atoms with Gasteiger partial charge in [0, 0.05) is 19.1 Å². The predicted octanol–water partition coefficient (Wildman–Crippen LogP) is 3.23. The quantitative estimate of drug-likeness (QED) is 0.827. The molecule has 1 fully saturated rings. The molecule has 27 heavy (non-hydrogen) atoms. The van der Waals surface area contributed by atoms with E-state index in [1.807, 2.05) is 6.92 Å². The first-order valence-electron chi connectivity index (χ1n) is 8.65. The number of hydrogen-bond acceptors (Lipinski definition) is 3. The van der Waals surface area contributed by atoms with Crippen molar-refractivity contribution in [3.63, 3.8) is 0 Å². The molecule has 1 aliphatic heterocycles. The molecule has 1 amide bonds. The van der Waals surface area contributed by atoms with Gasteiger partial charge in [-0.05, 0) is 37.8 Å². The van der Waals surface area contributed by atoms with Gasteiger partial charge in [-0.15, -0.1) is 0 Å². The number of carbonyl (C=O) groups excluding carboxylic acids is 1. The predicted molar refractivity (Wildman–Crippen MR) is 90.8 cm³/mol. The number of hydrogen-bond donors (Lipinski definition) is 1. The number of benzene rings is 1. The highest BCUT2D eigenvalue weighted by molar-refractivity contribution is 5.95. The van der Waals surface area contributed by atoms with E-state index in [1.54, 1.807) is 0 Å². The number of carbonyl (C=O) groups is 1. The lowest BCUT2D eigenvalue weighted by atomic mass is 9.90. The molecule has 1 atom stereocenters. The van der Waals surface area contributed by atoms with E-state index in [0.717, 1.165) is 12.3 Å². The molecule has 3 rings (SSSR count). The number of halogens is 4. The van der Waals surface area contributed by atoms with Crippen molar-refractivity contribution in [3.8, 4) is 5.69 Å². The number of piperidine rings is 1. The minimum absolute atomic E-state index is 0.0307. The molecule has 1 saturated heterocycles. The lowest BCUT2D eigenvalue weighted by Crippen LogP contribution is -2.43. The number of aromatic nitrogens is 2. The van der Waals surface area contributed by atoms with E-state index in [1.165, 1.54) is 23.1 Å². The third kappa shape index (κ3) is 3.83. The molecular formula is C18H20F4N4O. The summed E-state index contributed by atoms with van der Waals surface area (Å²) in [5, 5.41) is 3.66. The van der Waals surface area contributed by atoms with Crippen LogP contribution in [0.4, 0.5) is 17.6 Å². The number of alkyl halides is 3. The molecule has 9 heteroatoms. The Morgan fingerprint density at radius 3 is 2.44 bits per heavy atom. The molecule has 0 aliphatic carbocycles. The van der Waals surface area contributed by atoms with E-state index < -0.39 is 29.2 Å². The smallest absolute Gasteiger partial charge is 0.339 e. The third-order valence-electron chi connectivity index (χ3n) is 4.92. The summed E-state index contributed by atoms with van der Waals surface area (Å²) in [6.45, 7) is 2.53. The van der Waals surface area contributed by atoms with Crippen LogP contribution in [0.2, 0.25) is 0 Å². The number of nitrogens with zero attached hydrogens (tertiary/aromatic N) is 3. The van der Waals surface area contributed by atoms with Gasteiger partial charge in [-0.2, -0.15) is 18.3 Å². The summed E-state index contributed by atoms with van der Waals surface area (Å²) in [5.41, 5.74) is 3.65. The van der Waals surface area contributed by atoms with Crippen LogP contribution < -0.4 is 5.73 Å². The van der Waals surface area contributed by atoms with Gasteiger partial charge in [-0.1, -0.05) is 12.1 Å². The van der Waals surface area contributed by atoms with Gasteiger partial charge in [0.25, 0.3) is 5.91 Å². The SMILES string of the molecule is CC(N)C1CCN(C(=O)c2cnn(-c3ccccc3F)c2C(F)(F)F)CC1. The van der Waals surface area contributed by atoms with Gasteiger partial charge in [-0.25, -0.2) is 9.07 Å². The Morgan fingerprint density at radius 1 is 1.26 bits per heavy atom. The topological polar surface area (TPSA) is 64.2 Å². The second-order valence-corrected chi connectivity index (χ2v) is 6.76. The van der Waals surface area contributed by atoms with Crippen molar-refractivity contribution in [3.05, 3.63) is 47.5 Å². The maximum absolute atomic E-state index is 14.0. The zero-order chi connectivity index (χ0) is 19.8. The largest absolute Gasteiger partial charge is 0.434 e. The monoisotopic (exact) mass is 384 g/mol. The molecule has 5 nitrogen and oxygen atoms in total. The summed E-state index contributed by atoms with van der Waals surface area (Å²) < 4.78 is 55.5. The van der Waals surface area contributed by atoms with Gasteiger partial charge in [-0.3, -0.25) is 4.79 Å². The first kappa shape index (κ1) is 19.3. The molecular weight excluding hydrogens is 364 g/mol. The molecule has 1 unspecified atom stereocenters. The number of rotatable bonds is 3. The molecule has 1 aromatic carbocycles. The van der Waals surface area contributed by atoms with Gasteiger partial charge < -0.3 is 10.6 Å². The van der Waals surface area contributed by atoms with E-state index in [0.29, 0.717) is 30.6 Å². The lowest BCUT2D eigenvalue weighted by Gasteiger charge is -2.33. The summed E-state index contributed by atoms with van der Waals surface area (Å²) in [6, 6.07) is 4.96. The van der Waals surface area contributed by atoms with Crippen molar-refractivity contribution in [2.45, 2.75) is 32.0 Å². The maximum Gasteiger partial charge on any atom is 0.434 e. The summed E-state index contributed by atoms with van der Waals surface area (Å²) in [6.07, 6.45) is -2.75. The van der Waals surface area contributed by atoms with Crippen molar-refractivity contribution >= 4 is 5.91 Å². The van der Waals surface area contributed by atoms with Crippen LogP contribution in [0.3, 0.4) is 0 Å². The van der Waals surface area contributed by atoms with E-state index in [9.17, 15) is 22.4 Å². The minimum Gasteiger partial charge on any atom is -0.339 e. The van der Waals surface area contributed by atoms with Crippen LogP contribution in [0.25, 0.3) is 5.69 Å². The number of likely N-dealkylation sites (tertiary alicyclic amines) is 1. The Labute approximate surface area is 153 Å². The van der Waals surface area contributed by atoms with Crippen LogP contribution in [0.15, 0.2) is 30.5 Å². The highest BCUT2D eigenvalue weighted by Crippen LogP contribution is 2.35. The Morgan fingerprint density at radius 2 is 1.89 bits per heavy atom. The highest BCUT2D eigenvalue weighted by atomic mass is 19.4. The van der Waals surface area contributed by atoms with Gasteiger partial charge >= 0.3 is 6.18 Å². The van der Waals surface area contributed by atoms with Crippen LogP contribution in [0.1, 0.15) is 35.8 Å². The summed E-state index contributed by atoms with van der Waals surface area (Å²) in [4.78, 5) is 14.1.